The van der Waals surface area contributed by atoms with Crippen molar-refractivity contribution in [2.45, 2.75) is 49.7 Å². The van der Waals surface area contributed by atoms with Gasteiger partial charge in [0.05, 0.1) is 17.7 Å². The molecule has 5 rings (SSSR count). The summed E-state index contributed by atoms with van der Waals surface area (Å²) in [6.45, 7) is 5.73. The minimum Gasteiger partial charge on any atom is -0.380 e. The second kappa shape index (κ2) is 10.1. The van der Waals surface area contributed by atoms with Crippen LogP contribution < -0.4 is 10.6 Å². The molecule has 2 unspecified atom stereocenters. The molecule has 0 aromatic heterocycles. The van der Waals surface area contributed by atoms with Gasteiger partial charge in [0.2, 0.25) is 0 Å². The van der Waals surface area contributed by atoms with E-state index < -0.39 is 0 Å². The molecule has 0 radical (unpaired) electrons. The molecule has 1 aliphatic carbocycles. The summed E-state index contributed by atoms with van der Waals surface area (Å²) < 4.78 is 5.92. The molecule has 34 heavy (non-hydrogen) atoms. The summed E-state index contributed by atoms with van der Waals surface area (Å²) in [5, 5.41) is 9.00. The van der Waals surface area contributed by atoms with E-state index in [9.17, 15) is 0 Å². The molecule has 2 aromatic carbocycles. The van der Waals surface area contributed by atoms with Crippen molar-refractivity contribution in [3.05, 3.63) is 65.7 Å². The lowest BCUT2D eigenvalue weighted by Gasteiger charge is -2.47. The number of hydrogen-bond donors (Lipinski definition) is 1. The van der Waals surface area contributed by atoms with Gasteiger partial charge in [0.15, 0.2) is 0 Å². The number of piperidine rings is 1. The van der Waals surface area contributed by atoms with Crippen molar-refractivity contribution in [2.75, 3.05) is 44.7 Å². The first-order chi connectivity index (χ1) is 16.6. The molecule has 3 fully saturated rings. The van der Waals surface area contributed by atoms with E-state index in [0.29, 0.717) is 11.8 Å². The molecule has 2 N–H and O–H groups in total. The quantitative estimate of drug-likeness (QED) is 0.667. The zero-order valence-corrected chi connectivity index (χ0v) is 20.4. The third-order valence-corrected chi connectivity index (χ3v) is 8.64. The average molecular weight is 459 g/mol. The van der Waals surface area contributed by atoms with Gasteiger partial charge in [0.1, 0.15) is 0 Å². The van der Waals surface area contributed by atoms with Crippen LogP contribution >= 0.6 is 0 Å². The lowest BCUT2D eigenvalue weighted by atomic mass is 9.67. The predicted molar refractivity (Wildman–Crippen MR) is 137 cm³/mol. The van der Waals surface area contributed by atoms with Crippen LogP contribution in [0.25, 0.3) is 0 Å². The number of rotatable bonds is 7. The van der Waals surface area contributed by atoms with Gasteiger partial charge in [-0.05, 0) is 80.9 Å². The maximum absolute atomic E-state index is 9.00. The Morgan fingerprint density at radius 2 is 1.76 bits per heavy atom. The Balaban J connectivity index is 1.18. The summed E-state index contributed by atoms with van der Waals surface area (Å²) in [5.74, 6) is 1.69. The summed E-state index contributed by atoms with van der Waals surface area (Å²) >= 11 is 0. The fraction of sp³-hybridized carbons (Fsp3) is 0.552. The van der Waals surface area contributed by atoms with Crippen LogP contribution in [0.1, 0.15) is 49.1 Å². The number of nitrogens with zero attached hydrogens (tertiary/aromatic N) is 3. The van der Waals surface area contributed by atoms with Gasteiger partial charge in [-0.1, -0.05) is 30.3 Å². The van der Waals surface area contributed by atoms with Crippen LogP contribution in [0.3, 0.4) is 0 Å². The van der Waals surface area contributed by atoms with Gasteiger partial charge in [0, 0.05) is 49.8 Å². The number of benzene rings is 2. The monoisotopic (exact) mass is 458 g/mol. The first-order valence-corrected chi connectivity index (χ1v) is 12.9. The Labute approximate surface area is 204 Å². The third-order valence-electron chi connectivity index (χ3n) is 8.64. The molecule has 1 saturated carbocycles. The number of nitrogens with two attached hydrogens (primary N) is 1. The van der Waals surface area contributed by atoms with Crippen LogP contribution in [0, 0.1) is 23.2 Å². The molecule has 3 atom stereocenters. The largest absolute Gasteiger partial charge is 0.380 e. The van der Waals surface area contributed by atoms with Crippen LogP contribution in [-0.2, 0) is 4.74 Å². The fourth-order valence-corrected chi connectivity index (χ4v) is 6.88. The molecule has 2 saturated heterocycles. The van der Waals surface area contributed by atoms with E-state index in [1.807, 2.05) is 19.2 Å². The number of nitriles is 1. The van der Waals surface area contributed by atoms with Gasteiger partial charge >= 0.3 is 0 Å². The molecule has 2 aliphatic heterocycles. The van der Waals surface area contributed by atoms with Gasteiger partial charge in [-0.25, -0.2) is 0 Å². The molecule has 5 nitrogen and oxygen atoms in total. The van der Waals surface area contributed by atoms with Crippen molar-refractivity contribution in [3.8, 4) is 6.07 Å². The van der Waals surface area contributed by atoms with Gasteiger partial charge in [-0.2, -0.15) is 5.26 Å². The van der Waals surface area contributed by atoms with Crippen LogP contribution in [-0.4, -0.2) is 56.4 Å². The highest BCUT2D eigenvalue weighted by Crippen LogP contribution is 2.47. The molecule has 2 heterocycles. The smallest absolute Gasteiger partial charge is 0.0991 e. The standard InChI is InChI=1S/C29H38N4O/c1-34-27-8-5-15-29(27,31)28(24-6-3-2-4-7-24)25-13-16-32(17-14-25)19-23-20-33(21-23)26-11-9-22(18-30)10-12-26/h2-4,6-7,9-12,23,25,27-28H,5,8,13-17,19-21,31H2,1H3/t27?,28?,29-/m1/s1. The summed E-state index contributed by atoms with van der Waals surface area (Å²) in [4.78, 5) is 5.10. The molecule has 0 spiro atoms. The topological polar surface area (TPSA) is 65.5 Å². The SMILES string of the molecule is COC1CCC[C@]1(N)C(c1ccccc1)C1CCN(CC2CN(c3ccc(C#N)cc3)C2)CC1. The number of methoxy groups -OCH3 is 1. The van der Waals surface area contributed by atoms with E-state index in [0.717, 1.165) is 56.9 Å². The number of hydrogen-bond acceptors (Lipinski definition) is 5. The molecule has 5 heteroatoms. The Hall–Kier alpha value is -2.39. The van der Waals surface area contributed by atoms with Crippen molar-refractivity contribution in [1.82, 2.24) is 4.90 Å². The fourth-order valence-electron chi connectivity index (χ4n) is 6.88. The molecule has 0 bridgehead atoms. The first-order valence-electron chi connectivity index (χ1n) is 12.9. The minimum absolute atomic E-state index is 0.152. The van der Waals surface area contributed by atoms with E-state index >= 15 is 0 Å². The highest BCUT2D eigenvalue weighted by Gasteiger charge is 2.49. The summed E-state index contributed by atoms with van der Waals surface area (Å²) in [7, 11) is 1.84. The zero-order chi connectivity index (χ0) is 23.5. The first kappa shape index (κ1) is 23.4. The Kier molecular flexibility index (Phi) is 6.92. The van der Waals surface area contributed by atoms with Gasteiger partial charge in [-0.15, -0.1) is 0 Å². The molecule has 2 aromatic rings. The normalized spacial score (nSPS) is 27.3. The minimum atomic E-state index is -0.265. The van der Waals surface area contributed by atoms with E-state index in [1.165, 1.54) is 30.6 Å². The highest BCUT2D eigenvalue weighted by atomic mass is 16.5. The van der Waals surface area contributed by atoms with Gasteiger partial charge in [-0.3, -0.25) is 0 Å². The van der Waals surface area contributed by atoms with Crippen molar-refractivity contribution < 1.29 is 4.74 Å². The Morgan fingerprint density at radius 3 is 2.41 bits per heavy atom. The number of ether oxygens (including phenoxy) is 1. The zero-order valence-electron chi connectivity index (χ0n) is 20.4. The average Bonchev–Trinajstić information content (AvgIpc) is 3.24. The van der Waals surface area contributed by atoms with Crippen molar-refractivity contribution in [3.63, 3.8) is 0 Å². The lowest BCUT2D eigenvalue weighted by molar-refractivity contribution is 0.0225. The van der Waals surface area contributed by atoms with Crippen molar-refractivity contribution in [1.29, 1.82) is 5.26 Å². The summed E-state index contributed by atoms with van der Waals surface area (Å²) in [6.07, 6.45) is 5.86. The van der Waals surface area contributed by atoms with Crippen LogP contribution in [0.2, 0.25) is 0 Å². The molecular weight excluding hydrogens is 420 g/mol. The van der Waals surface area contributed by atoms with Gasteiger partial charge < -0.3 is 20.3 Å². The van der Waals surface area contributed by atoms with Crippen molar-refractivity contribution in [2.24, 2.45) is 17.6 Å². The predicted octanol–water partition coefficient (Wildman–Crippen LogP) is 4.39. The van der Waals surface area contributed by atoms with E-state index in [1.54, 1.807) is 0 Å². The second-order valence-electron chi connectivity index (χ2n) is 10.7. The van der Waals surface area contributed by atoms with E-state index in [-0.39, 0.29) is 11.6 Å². The Morgan fingerprint density at radius 1 is 1.06 bits per heavy atom. The van der Waals surface area contributed by atoms with Crippen LogP contribution in [0.15, 0.2) is 54.6 Å². The highest BCUT2D eigenvalue weighted by molar-refractivity contribution is 5.51. The van der Waals surface area contributed by atoms with E-state index in [4.69, 9.17) is 15.7 Å². The summed E-state index contributed by atoms with van der Waals surface area (Å²) in [5.41, 5.74) is 10.3. The maximum atomic E-state index is 9.00. The molecule has 0 amide bonds. The van der Waals surface area contributed by atoms with Crippen molar-refractivity contribution >= 4 is 5.69 Å². The van der Waals surface area contributed by atoms with Crippen LogP contribution in [0.4, 0.5) is 5.69 Å². The third kappa shape index (κ3) is 4.60. The summed E-state index contributed by atoms with van der Waals surface area (Å²) in [6, 6.07) is 21.2. The van der Waals surface area contributed by atoms with Crippen LogP contribution in [0.5, 0.6) is 0 Å². The number of likely N-dealkylation sites (tertiary alicyclic amines) is 1. The molecular formula is C29H38N4O. The van der Waals surface area contributed by atoms with Gasteiger partial charge in [0.25, 0.3) is 0 Å². The molecule has 180 valence electrons. The molecule has 3 aliphatic rings. The lowest BCUT2D eigenvalue weighted by Crippen LogP contribution is -2.56. The van der Waals surface area contributed by atoms with E-state index in [2.05, 4.69) is 58.3 Å². The maximum Gasteiger partial charge on any atom is 0.0991 e. The number of anilines is 1. The Bertz CT molecular complexity index is 973. The second-order valence-corrected chi connectivity index (χ2v) is 10.7.